The number of aryl methyl sites for hydroxylation is 1. The second-order valence-electron chi connectivity index (χ2n) is 6.60. The molecule has 9 heteroatoms. The molecule has 154 valence electrons. The molecule has 0 aliphatic carbocycles. The van der Waals surface area contributed by atoms with E-state index in [-0.39, 0.29) is 19.9 Å². The van der Waals surface area contributed by atoms with E-state index in [9.17, 15) is 14.4 Å². The highest BCUT2D eigenvalue weighted by atomic mass is 35.5. The van der Waals surface area contributed by atoms with Crippen LogP contribution in [0.1, 0.15) is 21.5 Å². The van der Waals surface area contributed by atoms with Gasteiger partial charge in [0.1, 0.15) is 18.7 Å². The number of carbonyl (C=O) groups is 2. The lowest BCUT2D eigenvalue weighted by atomic mass is 10.1. The molecule has 3 aromatic rings. The Morgan fingerprint density at radius 1 is 1.13 bits per heavy atom. The molecular formula is C21H16ClNO7. The van der Waals surface area contributed by atoms with Crippen LogP contribution in [0.2, 0.25) is 5.02 Å². The SMILES string of the molecule is Cc1cc2oc(=O)cc(COC(=O)CNC(=O)c3ccc4c(c3)OCO4)c2cc1Cl. The zero-order valence-corrected chi connectivity index (χ0v) is 16.6. The molecule has 0 unspecified atom stereocenters. The number of esters is 1. The summed E-state index contributed by atoms with van der Waals surface area (Å²) < 4.78 is 20.8. The highest BCUT2D eigenvalue weighted by Crippen LogP contribution is 2.32. The lowest BCUT2D eigenvalue weighted by Gasteiger charge is -2.09. The van der Waals surface area contributed by atoms with E-state index in [1.165, 1.54) is 12.1 Å². The fraction of sp³-hybridized carbons (Fsp3) is 0.190. The Morgan fingerprint density at radius 3 is 2.77 bits per heavy atom. The van der Waals surface area contributed by atoms with E-state index in [0.717, 1.165) is 5.56 Å². The van der Waals surface area contributed by atoms with E-state index in [0.29, 0.717) is 38.6 Å². The Labute approximate surface area is 175 Å². The lowest BCUT2D eigenvalue weighted by Crippen LogP contribution is -2.30. The van der Waals surface area contributed by atoms with Crippen LogP contribution in [-0.2, 0) is 16.1 Å². The molecule has 2 heterocycles. The summed E-state index contributed by atoms with van der Waals surface area (Å²) in [6.07, 6.45) is 0. The third-order valence-electron chi connectivity index (χ3n) is 4.53. The van der Waals surface area contributed by atoms with Gasteiger partial charge in [-0.05, 0) is 42.8 Å². The maximum absolute atomic E-state index is 12.2. The monoisotopic (exact) mass is 429 g/mol. The Hall–Kier alpha value is -3.52. The molecule has 1 aliphatic heterocycles. The molecule has 1 aromatic heterocycles. The lowest BCUT2D eigenvalue weighted by molar-refractivity contribution is -0.143. The summed E-state index contributed by atoms with van der Waals surface area (Å²) in [5.74, 6) is -0.100. The van der Waals surface area contributed by atoms with Crippen molar-refractivity contribution in [1.82, 2.24) is 5.32 Å². The molecule has 1 N–H and O–H groups in total. The first-order valence-electron chi connectivity index (χ1n) is 8.97. The van der Waals surface area contributed by atoms with Crippen molar-refractivity contribution < 1.29 is 28.2 Å². The van der Waals surface area contributed by atoms with Gasteiger partial charge in [0, 0.05) is 27.6 Å². The number of halogens is 1. The van der Waals surface area contributed by atoms with Gasteiger partial charge >= 0.3 is 11.6 Å². The molecule has 0 saturated heterocycles. The molecule has 8 nitrogen and oxygen atoms in total. The van der Waals surface area contributed by atoms with Gasteiger partial charge in [0.05, 0.1) is 0 Å². The molecule has 4 rings (SSSR count). The second-order valence-corrected chi connectivity index (χ2v) is 7.01. The van der Waals surface area contributed by atoms with Gasteiger partial charge in [-0.15, -0.1) is 0 Å². The highest BCUT2D eigenvalue weighted by Gasteiger charge is 2.17. The average molecular weight is 430 g/mol. The van der Waals surface area contributed by atoms with Gasteiger partial charge < -0.3 is 23.9 Å². The zero-order chi connectivity index (χ0) is 21.3. The molecule has 1 aliphatic rings. The van der Waals surface area contributed by atoms with Crippen molar-refractivity contribution in [3.63, 3.8) is 0 Å². The minimum atomic E-state index is -0.663. The Morgan fingerprint density at radius 2 is 1.93 bits per heavy atom. The van der Waals surface area contributed by atoms with E-state index in [4.69, 9.17) is 30.2 Å². The minimum Gasteiger partial charge on any atom is -0.459 e. The number of ether oxygens (including phenoxy) is 3. The third kappa shape index (κ3) is 4.08. The molecule has 1 amide bonds. The number of hydrogen-bond donors (Lipinski definition) is 1. The topological polar surface area (TPSA) is 104 Å². The van der Waals surface area contributed by atoms with E-state index in [2.05, 4.69) is 5.32 Å². The molecule has 30 heavy (non-hydrogen) atoms. The first kappa shape index (κ1) is 19.8. The minimum absolute atomic E-state index is 0.101. The fourth-order valence-corrected chi connectivity index (χ4v) is 3.13. The maximum Gasteiger partial charge on any atom is 0.336 e. The van der Waals surface area contributed by atoms with Crippen molar-refractivity contribution in [3.8, 4) is 11.5 Å². The number of benzene rings is 2. The largest absolute Gasteiger partial charge is 0.459 e. The third-order valence-corrected chi connectivity index (χ3v) is 4.93. The summed E-state index contributed by atoms with van der Waals surface area (Å²) in [7, 11) is 0. The number of nitrogens with one attached hydrogen (secondary N) is 1. The Bertz CT molecular complexity index is 1220. The van der Waals surface area contributed by atoms with Gasteiger partial charge in [0.2, 0.25) is 6.79 Å². The summed E-state index contributed by atoms with van der Waals surface area (Å²) in [6, 6.07) is 9.26. The van der Waals surface area contributed by atoms with Crippen molar-refractivity contribution in [2.45, 2.75) is 13.5 Å². The standard InChI is InChI=1S/C21H16ClNO7/c1-11-4-17-14(7-15(11)22)13(6-19(24)30-17)9-27-20(25)8-23-21(26)12-2-3-16-18(5-12)29-10-28-16/h2-7H,8-10H2,1H3,(H,23,26). The van der Waals surface area contributed by atoms with E-state index < -0.39 is 17.5 Å². The van der Waals surface area contributed by atoms with Crippen LogP contribution in [0.3, 0.4) is 0 Å². The van der Waals surface area contributed by atoms with Crippen molar-refractivity contribution in [2.24, 2.45) is 0 Å². The smallest absolute Gasteiger partial charge is 0.336 e. The Balaban J connectivity index is 1.39. The molecule has 0 fully saturated rings. The number of hydrogen-bond acceptors (Lipinski definition) is 7. The highest BCUT2D eigenvalue weighted by molar-refractivity contribution is 6.32. The van der Waals surface area contributed by atoms with Crippen LogP contribution in [0.15, 0.2) is 45.6 Å². The first-order valence-corrected chi connectivity index (χ1v) is 9.35. The summed E-state index contributed by atoms with van der Waals surface area (Å²) >= 11 is 6.15. The molecule has 2 aromatic carbocycles. The second kappa shape index (κ2) is 8.08. The van der Waals surface area contributed by atoms with Crippen LogP contribution in [0, 0.1) is 6.92 Å². The molecule has 0 bridgehead atoms. The van der Waals surface area contributed by atoms with Gasteiger partial charge in [-0.25, -0.2) is 4.79 Å². The van der Waals surface area contributed by atoms with Crippen LogP contribution in [0.4, 0.5) is 0 Å². The average Bonchev–Trinajstić information content (AvgIpc) is 3.19. The van der Waals surface area contributed by atoms with Gasteiger partial charge in [0.15, 0.2) is 11.5 Å². The summed E-state index contributed by atoms with van der Waals surface area (Å²) in [5.41, 5.74) is 1.33. The normalized spacial score (nSPS) is 12.1. The molecule has 0 atom stereocenters. The van der Waals surface area contributed by atoms with Crippen LogP contribution >= 0.6 is 11.6 Å². The van der Waals surface area contributed by atoms with Gasteiger partial charge in [-0.2, -0.15) is 0 Å². The molecule has 0 saturated carbocycles. The van der Waals surface area contributed by atoms with Crippen LogP contribution < -0.4 is 20.4 Å². The fourth-order valence-electron chi connectivity index (χ4n) is 2.97. The number of amides is 1. The van der Waals surface area contributed by atoms with Crippen molar-refractivity contribution in [1.29, 1.82) is 0 Å². The predicted octanol–water partition coefficient (Wildman–Crippen LogP) is 2.96. The Kier molecular flexibility index (Phi) is 5.33. The van der Waals surface area contributed by atoms with E-state index in [1.54, 1.807) is 31.2 Å². The number of rotatable bonds is 5. The van der Waals surface area contributed by atoms with Crippen LogP contribution in [0.25, 0.3) is 11.0 Å². The first-order chi connectivity index (χ1) is 14.4. The number of carbonyl (C=O) groups excluding carboxylic acids is 2. The van der Waals surface area contributed by atoms with Crippen molar-refractivity contribution in [2.75, 3.05) is 13.3 Å². The summed E-state index contributed by atoms with van der Waals surface area (Å²) in [6.45, 7) is 1.38. The molecule has 0 radical (unpaired) electrons. The molecule has 0 spiro atoms. The predicted molar refractivity (Wildman–Crippen MR) is 107 cm³/mol. The van der Waals surface area contributed by atoms with Crippen molar-refractivity contribution in [3.05, 3.63) is 68.5 Å². The van der Waals surface area contributed by atoms with E-state index >= 15 is 0 Å². The van der Waals surface area contributed by atoms with Crippen LogP contribution in [-0.4, -0.2) is 25.2 Å². The quantitative estimate of drug-likeness (QED) is 0.491. The van der Waals surface area contributed by atoms with Gasteiger partial charge in [-0.3, -0.25) is 9.59 Å². The van der Waals surface area contributed by atoms with Gasteiger partial charge in [0.25, 0.3) is 5.91 Å². The van der Waals surface area contributed by atoms with Crippen molar-refractivity contribution >= 4 is 34.4 Å². The summed E-state index contributed by atoms with van der Waals surface area (Å²) in [5, 5.41) is 3.55. The summed E-state index contributed by atoms with van der Waals surface area (Å²) in [4.78, 5) is 36.1. The van der Waals surface area contributed by atoms with E-state index in [1.807, 2.05) is 0 Å². The van der Waals surface area contributed by atoms with Crippen LogP contribution in [0.5, 0.6) is 11.5 Å². The maximum atomic E-state index is 12.2. The molecular weight excluding hydrogens is 414 g/mol. The number of fused-ring (bicyclic) bond motifs is 2. The van der Waals surface area contributed by atoms with Gasteiger partial charge in [-0.1, -0.05) is 11.6 Å². The zero-order valence-electron chi connectivity index (χ0n) is 15.8.